The first-order valence-electron chi connectivity index (χ1n) is 8.15. The van der Waals surface area contributed by atoms with Crippen molar-refractivity contribution in [2.24, 2.45) is 0 Å². The topological polar surface area (TPSA) is 77.7 Å². The minimum Gasteiger partial charge on any atom is -0.454 e. The fourth-order valence-electron chi connectivity index (χ4n) is 2.66. The number of ether oxygens (including phenoxy) is 2. The molecular formula is C19H17N3O4. The van der Waals surface area contributed by atoms with E-state index in [0.717, 1.165) is 11.1 Å². The van der Waals surface area contributed by atoms with E-state index in [2.05, 4.69) is 10.1 Å². The quantitative estimate of drug-likeness (QED) is 0.719. The van der Waals surface area contributed by atoms with Gasteiger partial charge in [-0.05, 0) is 25.1 Å². The van der Waals surface area contributed by atoms with Gasteiger partial charge in [0.1, 0.15) is 0 Å². The summed E-state index contributed by atoms with van der Waals surface area (Å²) in [7, 11) is 1.68. The van der Waals surface area contributed by atoms with Gasteiger partial charge in [0, 0.05) is 18.2 Å². The van der Waals surface area contributed by atoms with Crippen LogP contribution in [0.5, 0.6) is 11.5 Å². The Bertz CT molecular complexity index is 950. The van der Waals surface area contributed by atoms with E-state index in [1.165, 1.54) is 4.90 Å². The summed E-state index contributed by atoms with van der Waals surface area (Å²) >= 11 is 0. The summed E-state index contributed by atoms with van der Waals surface area (Å²) in [5, 5.41) is 3.99. The Labute approximate surface area is 150 Å². The zero-order valence-corrected chi connectivity index (χ0v) is 14.4. The maximum atomic E-state index is 12.6. The average Bonchev–Trinajstić information content (AvgIpc) is 3.30. The standard InChI is InChI=1S/C19H17N3O4/c1-12-3-5-13(6-4-12)18-20-17(26-21-18)10-22(2)19(23)14-7-8-15-16(9-14)25-11-24-15/h3-9H,10-11H2,1-2H3. The van der Waals surface area contributed by atoms with Crippen molar-refractivity contribution >= 4 is 5.91 Å². The molecule has 1 amide bonds. The molecule has 1 aromatic heterocycles. The molecule has 0 radical (unpaired) electrons. The summed E-state index contributed by atoms with van der Waals surface area (Å²) in [4.78, 5) is 18.5. The van der Waals surface area contributed by atoms with Crippen LogP contribution in [0.4, 0.5) is 0 Å². The molecule has 0 unspecified atom stereocenters. The second-order valence-corrected chi connectivity index (χ2v) is 6.11. The van der Waals surface area contributed by atoms with Crippen LogP contribution in [0.25, 0.3) is 11.4 Å². The van der Waals surface area contributed by atoms with Gasteiger partial charge in [-0.3, -0.25) is 4.79 Å². The Balaban J connectivity index is 1.47. The number of hydrogen-bond acceptors (Lipinski definition) is 6. The van der Waals surface area contributed by atoms with Crippen LogP contribution >= 0.6 is 0 Å². The largest absolute Gasteiger partial charge is 0.454 e. The molecule has 0 bridgehead atoms. The van der Waals surface area contributed by atoms with E-state index in [1.54, 1.807) is 25.2 Å². The molecule has 0 saturated heterocycles. The van der Waals surface area contributed by atoms with Crippen LogP contribution in [0.15, 0.2) is 47.0 Å². The number of hydrogen-bond donors (Lipinski definition) is 0. The molecule has 2 aromatic carbocycles. The van der Waals surface area contributed by atoms with Crippen LogP contribution in [0, 0.1) is 6.92 Å². The molecule has 26 heavy (non-hydrogen) atoms. The van der Waals surface area contributed by atoms with Gasteiger partial charge in [-0.15, -0.1) is 0 Å². The van der Waals surface area contributed by atoms with Gasteiger partial charge in [0.25, 0.3) is 5.91 Å². The van der Waals surface area contributed by atoms with Crippen molar-refractivity contribution in [1.29, 1.82) is 0 Å². The highest BCUT2D eigenvalue weighted by Gasteiger charge is 2.20. The van der Waals surface area contributed by atoms with Crippen LogP contribution in [0.1, 0.15) is 21.8 Å². The third-order valence-corrected chi connectivity index (χ3v) is 4.12. The van der Waals surface area contributed by atoms with Gasteiger partial charge >= 0.3 is 0 Å². The fourth-order valence-corrected chi connectivity index (χ4v) is 2.66. The van der Waals surface area contributed by atoms with E-state index in [1.807, 2.05) is 31.2 Å². The summed E-state index contributed by atoms with van der Waals surface area (Å²) in [5.41, 5.74) is 2.54. The van der Waals surface area contributed by atoms with Crippen LogP contribution < -0.4 is 9.47 Å². The van der Waals surface area contributed by atoms with Crippen molar-refractivity contribution < 1.29 is 18.8 Å². The summed E-state index contributed by atoms with van der Waals surface area (Å²) < 4.78 is 15.9. The van der Waals surface area contributed by atoms with Crippen molar-refractivity contribution in [3.8, 4) is 22.9 Å². The van der Waals surface area contributed by atoms with Gasteiger partial charge in [0.15, 0.2) is 11.5 Å². The van der Waals surface area contributed by atoms with E-state index in [-0.39, 0.29) is 19.2 Å². The first kappa shape index (κ1) is 16.1. The molecule has 0 N–H and O–H groups in total. The Kier molecular flexibility index (Phi) is 4.04. The highest BCUT2D eigenvalue weighted by atomic mass is 16.7. The zero-order valence-electron chi connectivity index (χ0n) is 14.4. The Morgan fingerprint density at radius 2 is 1.88 bits per heavy atom. The van der Waals surface area contributed by atoms with E-state index in [9.17, 15) is 4.79 Å². The van der Waals surface area contributed by atoms with Crippen molar-refractivity contribution in [3.05, 3.63) is 59.5 Å². The van der Waals surface area contributed by atoms with Gasteiger partial charge in [-0.2, -0.15) is 4.98 Å². The molecular weight excluding hydrogens is 334 g/mol. The molecule has 3 aromatic rings. The second-order valence-electron chi connectivity index (χ2n) is 6.11. The lowest BCUT2D eigenvalue weighted by Crippen LogP contribution is -2.26. The molecule has 2 heterocycles. The summed E-state index contributed by atoms with van der Waals surface area (Å²) in [6, 6.07) is 13.0. The molecule has 4 rings (SSSR count). The maximum Gasteiger partial charge on any atom is 0.254 e. The van der Waals surface area contributed by atoms with Crippen LogP contribution in [-0.4, -0.2) is 34.8 Å². The van der Waals surface area contributed by atoms with Gasteiger partial charge in [-0.1, -0.05) is 35.0 Å². The third kappa shape index (κ3) is 3.11. The first-order chi connectivity index (χ1) is 12.6. The number of nitrogens with zero attached hydrogens (tertiary/aromatic N) is 3. The molecule has 7 heteroatoms. The predicted octanol–water partition coefficient (Wildman–Crippen LogP) is 3.05. The van der Waals surface area contributed by atoms with E-state index < -0.39 is 0 Å². The van der Waals surface area contributed by atoms with Crippen molar-refractivity contribution in [2.75, 3.05) is 13.8 Å². The number of aryl methyl sites for hydroxylation is 1. The average molecular weight is 351 g/mol. The van der Waals surface area contributed by atoms with Gasteiger partial charge in [-0.25, -0.2) is 0 Å². The SMILES string of the molecule is Cc1ccc(-c2noc(CN(C)C(=O)c3ccc4c(c3)OCO4)n2)cc1. The number of amides is 1. The molecule has 1 aliphatic rings. The van der Waals surface area contributed by atoms with Gasteiger partial charge < -0.3 is 18.9 Å². The maximum absolute atomic E-state index is 12.6. The summed E-state index contributed by atoms with van der Waals surface area (Å²) in [6.07, 6.45) is 0. The lowest BCUT2D eigenvalue weighted by molar-refractivity contribution is 0.0769. The van der Waals surface area contributed by atoms with Crippen LogP contribution in [0.2, 0.25) is 0 Å². The van der Waals surface area contributed by atoms with Gasteiger partial charge in [0.05, 0.1) is 6.54 Å². The highest BCUT2D eigenvalue weighted by Crippen LogP contribution is 2.32. The molecule has 132 valence electrons. The van der Waals surface area contributed by atoms with Crippen molar-refractivity contribution in [3.63, 3.8) is 0 Å². The van der Waals surface area contributed by atoms with E-state index in [4.69, 9.17) is 14.0 Å². The summed E-state index contributed by atoms with van der Waals surface area (Å²) in [5.74, 6) is 1.92. The number of aromatic nitrogens is 2. The Morgan fingerprint density at radius 1 is 1.12 bits per heavy atom. The molecule has 0 fully saturated rings. The molecule has 7 nitrogen and oxygen atoms in total. The Morgan fingerprint density at radius 3 is 2.69 bits per heavy atom. The molecule has 0 aliphatic carbocycles. The lowest BCUT2D eigenvalue weighted by Gasteiger charge is -2.14. The lowest BCUT2D eigenvalue weighted by atomic mass is 10.1. The summed E-state index contributed by atoms with van der Waals surface area (Å²) in [6.45, 7) is 2.40. The number of benzene rings is 2. The Hall–Kier alpha value is -3.35. The smallest absolute Gasteiger partial charge is 0.254 e. The van der Waals surface area contributed by atoms with Crippen molar-refractivity contribution in [1.82, 2.24) is 15.0 Å². The van der Waals surface area contributed by atoms with E-state index >= 15 is 0 Å². The van der Waals surface area contributed by atoms with Crippen LogP contribution in [-0.2, 0) is 6.54 Å². The molecule has 0 atom stereocenters. The third-order valence-electron chi connectivity index (χ3n) is 4.12. The number of carbonyl (C=O) groups is 1. The fraction of sp³-hybridized carbons (Fsp3) is 0.211. The van der Waals surface area contributed by atoms with Crippen molar-refractivity contribution in [2.45, 2.75) is 13.5 Å². The monoisotopic (exact) mass is 351 g/mol. The molecule has 0 saturated carbocycles. The number of fused-ring (bicyclic) bond motifs is 1. The molecule has 1 aliphatic heterocycles. The van der Waals surface area contributed by atoms with E-state index in [0.29, 0.717) is 28.8 Å². The normalized spacial score (nSPS) is 12.2. The number of carbonyl (C=O) groups excluding carboxylic acids is 1. The predicted molar refractivity (Wildman–Crippen MR) is 92.8 cm³/mol. The minimum absolute atomic E-state index is 0.168. The first-order valence-corrected chi connectivity index (χ1v) is 8.15. The number of rotatable bonds is 4. The zero-order chi connectivity index (χ0) is 18.1. The highest BCUT2D eigenvalue weighted by molar-refractivity contribution is 5.94. The molecule has 0 spiro atoms. The minimum atomic E-state index is -0.168. The second kappa shape index (κ2) is 6.51. The van der Waals surface area contributed by atoms with Crippen LogP contribution in [0.3, 0.4) is 0 Å². The van der Waals surface area contributed by atoms with Gasteiger partial charge in [0.2, 0.25) is 18.5 Å².